The summed E-state index contributed by atoms with van der Waals surface area (Å²) in [5, 5.41) is 5.47. The minimum Gasteiger partial charge on any atom is -0.346 e. The van der Waals surface area contributed by atoms with E-state index in [-0.39, 0.29) is 17.9 Å². The lowest BCUT2D eigenvalue weighted by molar-refractivity contribution is -0.347. The number of aromatic amines is 1. The molecule has 2 heterocycles. The summed E-state index contributed by atoms with van der Waals surface area (Å²) in [7, 11) is 0. The molecule has 0 bridgehead atoms. The van der Waals surface area contributed by atoms with E-state index in [1.54, 1.807) is 12.3 Å². The Morgan fingerprint density at radius 3 is 2.35 bits per heavy atom. The highest BCUT2D eigenvalue weighted by molar-refractivity contribution is 6.30. The summed E-state index contributed by atoms with van der Waals surface area (Å²) in [6.07, 6.45) is 2.54. The van der Waals surface area contributed by atoms with Crippen LogP contribution in [-0.2, 0) is 6.42 Å². The van der Waals surface area contributed by atoms with Crippen LogP contribution in [0.25, 0.3) is 11.0 Å². The van der Waals surface area contributed by atoms with Gasteiger partial charge in [0.05, 0.1) is 11.6 Å². The average molecular weight is 451 g/mol. The van der Waals surface area contributed by atoms with Crippen molar-refractivity contribution in [2.75, 3.05) is 0 Å². The van der Waals surface area contributed by atoms with Crippen molar-refractivity contribution in [2.24, 2.45) is 0 Å². The summed E-state index contributed by atoms with van der Waals surface area (Å²) in [5.74, 6) is -0.156. The predicted octanol–water partition coefficient (Wildman–Crippen LogP) is 5.50. The van der Waals surface area contributed by atoms with Crippen molar-refractivity contribution in [2.45, 2.75) is 25.3 Å². The maximum Gasteiger partial charge on any atom is 0.328 e. The number of hydrogen-bond donors (Lipinski definition) is 1. The monoisotopic (exact) mass is 450 g/mol. The van der Waals surface area contributed by atoms with E-state index in [0.29, 0.717) is 21.4 Å². The number of rotatable bonds is 6. The first-order valence-corrected chi connectivity index (χ1v) is 10.8. The third-order valence-corrected chi connectivity index (χ3v) is 5.88. The predicted molar refractivity (Wildman–Crippen MR) is 125 cm³/mol. The number of H-pyrrole nitrogens is 1. The van der Waals surface area contributed by atoms with Gasteiger partial charge in [-0.25, -0.2) is 4.98 Å². The first-order valence-electron chi connectivity index (χ1n) is 10.1. The first-order chi connectivity index (χ1) is 15.0. The third-order valence-electron chi connectivity index (χ3n) is 5.38. The normalized spacial score (nSPS) is 13.0. The second-order valence-electron chi connectivity index (χ2n) is 7.56. The molecule has 0 saturated heterocycles. The Bertz CT molecular complexity index is 1190. The van der Waals surface area contributed by atoms with E-state index in [2.05, 4.69) is 15.3 Å². The largest absolute Gasteiger partial charge is 0.346 e. The standard InChI is InChI=1S/C25H21Cl2N3O/c1-16(29-25(31)23-13-8-19-3-2-14-28-24(19)30-23)22(18-6-11-21(27)12-7-18)15-17-4-9-20(26)10-5-17/h2-14,16,22H,15H2,1H3,(H,29,31)/p+1/t16-,22+/m1/s1. The van der Waals surface area contributed by atoms with E-state index in [1.165, 1.54) is 0 Å². The van der Waals surface area contributed by atoms with E-state index in [0.717, 1.165) is 22.9 Å². The van der Waals surface area contributed by atoms with E-state index in [4.69, 9.17) is 23.2 Å². The molecule has 0 saturated carbocycles. The molecule has 0 aliphatic rings. The van der Waals surface area contributed by atoms with Gasteiger partial charge in [-0.2, -0.15) is 0 Å². The third kappa shape index (κ3) is 5.22. The molecule has 0 unspecified atom stereocenters. The van der Waals surface area contributed by atoms with E-state index in [9.17, 15) is 4.79 Å². The lowest BCUT2D eigenvalue weighted by atomic mass is 9.86. The fourth-order valence-corrected chi connectivity index (χ4v) is 3.93. The molecule has 4 rings (SSSR count). The molecule has 6 heteroatoms. The summed E-state index contributed by atoms with van der Waals surface area (Å²) in [6.45, 7) is 2.01. The van der Waals surface area contributed by atoms with Gasteiger partial charge in [-0.05, 0) is 78.0 Å². The van der Waals surface area contributed by atoms with Crippen molar-refractivity contribution < 1.29 is 9.78 Å². The van der Waals surface area contributed by atoms with Gasteiger partial charge in [-0.1, -0.05) is 47.5 Å². The molecule has 4 nitrogen and oxygen atoms in total. The highest BCUT2D eigenvalue weighted by Gasteiger charge is 2.24. The number of aromatic nitrogens is 2. The van der Waals surface area contributed by atoms with Gasteiger partial charge < -0.3 is 5.32 Å². The number of carbonyl (C=O) groups excluding carboxylic acids is 1. The number of nitrogens with zero attached hydrogens (tertiary/aromatic N) is 1. The molecular formula is C25H22Cl2N3O+. The molecule has 2 aromatic heterocycles. The SMILES string of the molecule is C[C@@H](NC(=O)c1ccc2ccc[nH+]c2n1)[C@H](Cc1ccc(Cl)cc1)c1ccc(Cl)cc1. The van der Waals surface area contributed by atoms with Crippen molar-refractivity contribution in [3.63, 3.8) is 0 Å². The fraction of sp³-hybridized carbons (Fsp3) is 0.160. The van der Waals surface area contributed by atoms with Crippen LogP contribution in [0.1, 0.15) is 34.5 Å². The van der Waals surface area contributed by atoms with Gasteiger partial charge in [0.1, 0.15) is 0 Å². The lowest BCUT2D eigenvalue weighted by Gasteiger charge is -2.25. The lowest BCUT2D eigenvalue weighted by Crippen LogP contribution is -2.38. The minimum absolute atomic E-state index is 0.0504. The van der Waals surface area contributed by atoms with Gasteiger partial charge in [0, 0.05) is 22.0 Å². The molecule has 156 valence electrons. The van der Waals surface area contributed by atoms with Crippen LogP contribution in [0.15, 0.2) is 79.0 Å². The van der Waals surface area contributed by atoms with E-state index in [1.807, 2.05) is 73.7 Å². The molecule has 0 aliphatic heterocycles. The highest BCUT2D eigenvalue weighted by atomic mass is 35.5. The van der Waals surface area contributed by atoms with Gasteiger partial charge in [0.2, 0.25) is 5.69 Å². The number of hydrogen-bond acceptors (Lipinski definition) is 2. The molecular weight excluding hydrogens is 429 g/mol. The second-order valence-corrected chi connectivity index (χ2v) is 8.43. The Labute approximate surface area is 191 Å². The van der Waals surface area contributed by atoms with Crippen molar-refractivity contribution in [1.82, 2.24) is 10.3 Å². The van der Waals surface area contributed by atoms with Crippen LogP contribution in [0.5, 0.6) is 0 Å². The van der Waals surface area contributed by atoms with Gasteiger partial charge >= 0.3 is 5.65 Å². The van der Waals surface area contributed by atoms with Crippen molar-refractivity contribution in [3.8, 4) is 0 Å². The molecule has 0 radical (unpaired) electrons. The summed E-state index contributed by atoms with van der Waals surface area (Å²) >= 11 is 12.1. The van der Waals surface area contributed by atoms with Crippen molar-refractivity contribution in [1.29, 1.82) is 0 Å². The molecule has 0 spiro atoms. The molecule has 2 atom stereocenters. The van der Waals surface area contributed by atoms with Crippen LogP contribution in [0.4, 0.5) is 0 Å². The van der Waals surface area contributed by atoms with Crippen molar-refractivity contribution >= 4 is 40.1 Å². The molecule has 0 aliphatic carbocycles. The van der Waals surface area contributed by atoms with Crippen LogP contribution in [0.3, 0.4) is 0 Å². The molecule has 31 heavy (non-hydrogen) atoms. The van der Waals surface area contributed by atoms with Crippen LogP contribution >= 0.6 is 23.2 Å². The Morgan fingerprint density at radius 1 is 0.968 bits per heavy atom. The average Bonchev–Trinajstić information content (AvgIpc) is 2.79. The number of carbonyl (C=O) groups is 1. The molecule has 2 aromatic carbocycles. The topological polar surface area (TPSA) is 56.1 Å². The van der Waals surface area contributed by atoms with Gasteiger partial charge in [-0.3, -0.25) is 4.79 Å². The van der Waals surface area contributed by atoms with Crippen LogP contribution < -0.4 is 10.3 Å². The first kappa shape index (κ1) is 21.3. The van der Waals surface area contributed by atoms with Gasteiger partial charge in [-0.15, -0.1) is 0 Å². The number of halogens is 2. The van der Waals surface area contributed by atoms with Crippen LogP contribution in [0.2, 0.25) is 10.0 Å². The zero-order chi connectivity index (χ0) is 21.8. The number of nitrogens with one attached hydrogen (secondary N) is 2. The number of fused-ring (bicyclic) bond motifs is 1. The minimum atomic E-state index is -0.207. The maximum atomic E-state index is 13.0. The molecule has 2 N–H and O–H groups in total. The van der Waals surface area contributed by atoms with Crippen molar-refractivity contribution in [3.05, 3.63) is 106 Å². The Hall–Kier alpha value is -2.95. The highest BCUT2D eigenvalue weighted by Crippen LogP contribution is 2.27. The Kier molecular flexibility index (Phi) is 6.50. The fourth-order valence-electron chi connectivity index (χ4n) is 3.67. The maximum absolute atomic E-state index is 13.0. The summed E-state index contributed by atoms with van der Waals surface area (Å²) in [5.41, 5.74) is 3.30. The Morgan fingerprint density at radius 2 is 1.65 bits per heavy atom. The number of benzene rings is 2. The molecule has 0 fully saturated rings. The van der Waals surface area contributed by atoms with E-state index >= 15 is 0 Å². The quantitative estimate of drug-likeness (QED) is 0.421. The Balaban J connectivity index is 1.57. The summed E-state index contributed by atoms with van der Waals surface area (Å²) in [4.78, 5) is 20.5. The molecule has 4 aromatic rings. The summed E-state index contributed by atoms with van der Waals surface area (Å²) in [6, 6.07) is 22.9. The molecule has 1 amide bonds. The number of amides is 1. The van der Waals surface area contributed by atoms with Crippen LogP contribution in [-0.4, -0.2) is 16.9 Å². The zero-order valence-corrected chi connectivity index (χ0v) is 18.5. The van der Waals surface area contributed by atoms with Crippen LogP contribution in [0, 0.1) is 0 Å². The van der Waals surface area contributed by atoms with E-state index < -0.39 is 0 Å². The smallest absolute Gasteiger partial charge is 0.328 e. The van der Waals surface area contributed by atoms with Gasteiger partial charge in [0.25, 0.3) is 5.91 Å². The van der Waals surface area contributed by atoms with Gasteiger partial charge in [0.15, 0.2) is 0 Å². The summed E-state index contributed by atoms with van der Waals surface area (Å²) < 4.78 is 0. The zero-order valence-electron chi connectivity index (χ0n) is 17.0. The second kappa shape index (κ2) is 9.46. The number of pyridine rings is 2.